The van der Waals surface area contributed by atoms with E-state index in [1.807, 2.05) is 30.3 Å². The molecule has 0 unspecified atom stereocenters. The number of phenols is 1. The normalized spacial score (nSPS) is 11.2. The van der Waals surface area contributed by atoms with Crippen molar-refractivity contribution in [1.82, 2.24) is 20.6 Å². The number of aromatic amines is 2. The van der Waals surface area contributed by atoms with E-state index >= 15 is 0 Å². The highest BCUT2D eigenvalue weighted by atomic mass is 19.1. The van der Waals surface area contributed by atoms with E-state index in [0.29, 0.717) is 55.5 Å². The average Bonchev–Trinajstić information content (AvgIpc) is 3.71. The van der Waals surface area contributed by atoms with Gasteiger partial charge in [-0.25, -0.2) is 8.78 Å². The molecule has 11 heteroatoms. The van der Waals surface area contributed by atoms with Crippen LogP contribution in [0, 0.1) is 11.6 Å². The summed E-state index contributed by atoms with van der Waals surface area (Å²) in [5, 5.41) is 27.4. The van der Waals surface area contributed by atoms with Crippen molar-refractivity contribution < 1.29 is 33.3 Å². The Morgan fingerprint density at radius 2 is 1.46 bits per heavy atom. The van der Waals surface area contributed by atoms with E-state index in [1.54, 1.807) is 42.5 Å². The van der Waals surface area contributed by atoms with Crippen molar-refractivity contribution in [3.8, 4) is 28.4 Å². The number of carbonyl (C=O) groups is 2. The number of carbonyl (C=O) groups excluding carboxylic acids is 2. The third-order valence-corrected chi connectivity index (χ3v) is 8.26. The topological polar surface area (TPSA) is 139 Å². The van der Waals surface area contributed by atoms with Gasteiger partial charge in [-0.2, -0.15) is 0 Å². The Bertz CT molecular complexity index is 2390. The zero-order valence-electron chi connectivity index (χ0n) is 26.4. The van der Waals surface area contributed by atoms with Crippen LogP contribution < -0.4 is 15.4 Å². The van der Waals surface area contributed by atoms with Gasteiger partial charge < -0.3 is 35.6 Å². The zero-order valence-corrected chi connectivity index (χ0v) is 26.4. The highest BCUT2D eigenvalue weighted by Crippen LogP contribution is 2.34. The summed E-state index contributed by atoms with van der Waals surface area (Å²) in [5.74, 6) is -1.09. The minimum absolute atomic E-state index is 0.0656. The minimum atomic E-state index is -0.410. The van der Waals surface area contributed by atoms with Gasteiger partial charge in [0, 0.05) is 52.1 Å². The number of halogens is 2. The molecule has 2 amide bonds. The molecule has 0 atom stereocenters. The van der Waals surface area contributed by atoms with Gasteiger partial charge in [-0.05, 0) is 83.4 Å². The molecule has 7 rings (SSSR count). The first-order valence-electron chi connectivity index (χ1n) is 15.7. The highest BCUT2D eigenvalue weighted by Gasteiger charge is 2.20. The monoisotopic (exact) mass is 672 g/mol. The van der Waals surface area contributed by atoms with Crippen molar-refractivity contribution >= 4 is 33.6 Å². The van der Waals surface area contributed by atoms with Gasteiger partial charge in [-0.3, -0.25) is 9.59 Å². The highest BCUT2D eigenvalue weighted by molar-refractivity contribution is 6.09. The van der Waals surface area contributed by atoms with E-state index in [2.05, 4.69) is 20.6 Å². The summed E-state index contributed by atoms with van der Waals surface area (Å²) in [4.78, 5) is 32.3. The number of aliphatic hydroxyl groups excluding tert-OH is 1. The first kappa shape index (κ1) is 32.1. The van der Waals surface area contributed by atoms with Gasteiger partial charge in [-0.1, -0.05) is 36.4 Å². The standard InChI is InChI=1S/C39H30F2N4O5/c40-27-7-9-32-25(15-27)16-34(44-32)38(48)42-20-23-13-29(47)18-30(14-23)50-35-11-6-22(12-26(35)21-46)19-43-39(49)37-36(24-4-2-1-3-5-24)31-17-28(41)8-10-33(31)45-37/h1-18,44-47H,19-21H2,(H,42,48)(H,43,49). The number of aromatic nitrogens is 2. The molecule has 50 heavy (non-hydrogen) atoms. The second-order valence-corrected chi connectivity index (χ2v) is 11.7. The van der Waals surface area contributed by atoms with Crippen molar-refractivity contribution in [2.24, 2.45) is 0 Å². The van der Waals surface area contributed by atoms with Gasteiger partial charge in [-0.15, -0.1) is 0 Å². The van der Waals surface area contributed by atoms with Gasteiger partial charge in [0.25, 0.3) is 11.8 Å². The van der Waals surface area contributed by atoms with Gasteiger partial charge in [0.15, 0.2) is 0 Å². The van der Waals surface area contributed by atoms with Crippen molar-refractivity contribution in [3.05, 3.63) is 149 Å². The lowest BCUT2D eigenvalue weighted by Crippen LogP contribution is -2.23. The molecule has 6 N–H and O–H groups in total. The molecular formula is C39H30F2N4O5. The van der Waals surface area contributed by atoms with Gasteiger partial charge in [0.05, 0.1) is 6.61 Å². The summed E-state index contributed by atoms with van der Waals surface area (Å²) >= 11 is 0. The first-order valence-corrected chi connectivity index (χ1v) is 15.7. The van der Waals surface area contributed by atoms with E-state index in [4.69, 9.17) is 4.74 Å². The van der Waals surface area contributed by atoms with Crippen LogP contribution in [-0.4, -0.2) is 32.0 Å². The lowest BCUT2D eigenvalue weighted by atomic mass is 10.0. The SMILES string of the molecule is O=C(NCc1cc(O)cc(Oc2ccc(CNC(=O)c3[nH]c4ccc(F)cc4c3-c3ccccc3)cc2CO)c1)c1cc2cc(F)ccc2[nH]1. The van der Waals surface area contributed by atoms with Crippen LogP contribution in [0.3, 0.4) is 0 Å². The maximum Gasteiger partial charge on any atom is 0.268 e. The Hall–Kier alpha value is -6.46. The Kier molecular flexibility index (Phi) is 8.72. The molecule has 7 aromatic rings. The molecule has 0 bridgehead atoms. The summed E-state index contributed by atoms with van der Waals surface area (Å²) in [6.07, 6.45) is 0. The van der Waals surface area contributed by atoms with Crippen LogP contribution in [0.1, 0.15) is 37.7 Å². The number of ether oxygens (including phenoxy) is 1. The Labute approximate surface area is 284 Å². The predicted octanol–water partition coefficient (Wildman–Crippen LogP) is 7.44. The fourth-order valence-electron chi connectivity index (χ4n) is 5.91. The molecule has 0 aliphatic rings. The number of hydrogen-bond donors (Lipinski definition) is 6. The third-order valence-electron chi connectivity index (χ3n) is 8.26. The number of phenolic OH excluding ortho intramolecular Hbond substituents is 1. The number of aliphatic hydroxyl groups is 1. The maximum absolute atomic E-state index is 14.2. The maximum atomic E-state index is 14.2. The average molecular weight is 673 g/mol. The van der Waals surface area contributed by atoms with Gasteiger partial charge in [0.1, 0.15) is 40.3 Å². The molecule has 250 valence electrons. The third kappa shape index (κ3) is 6.75. The predicted molar refractivity (Wildman–Crippen MR) is 185 cm³/mol. The van der Waals surface area contributed by atoms with Crippen LogP contribution in [0.15, 0.2) is 109 Å². The smallest absolute Gasteiger partial charge is 0.268 e. The van der Waals surface area contributed by atoms with Crippen molar-refractivity contribution in [2.45, 2.75) is 19.7 Å². The van der Waals surface area contributed by atoms with Crippen LogP contribution in [0.2, 0.25) is 0 Å². The van der Waals surface area contributed by atoms with E-state index in [-0.39, 0.29) is 42.8 Å². The quantitative estimate of drug-likeness (QED) is 0.0897. The minimum Gasteiger partial charge on any atom is -0.508 e. The van der Waals surface area contributed by atoms with Crippen molar-refractivity contribution in [1.29, 1.82) is 0 Å². The molecule has 0 aliphatic heterocycles. The van der Waals surface area contributed by atoms with Gasteiger partial charge in [0.2, 0.25) is 0 Å². The van der Waals surface area contributed by atoms with Crippen LogP contribution in [0.4, 0.5) is 8.78 Å². The number of rotatable bonds is 10. The molecule has 0 spiro atoms. The summed E-state index contributed by atoms with van der Waals surface area (Å²) < 4.78 is 33.7. The molecule has 0 fully saturated rings. The number of aromatic hydroxyl groups is 1. The van der Waals surface area contributed by atoms with E-state index in [1.165, 1.54) is 36.4 Å². The number of hydrogen-bond acceptors (Lipinski definition) is 5. The number of benzene rings is 5. The summed E-state index contributed by atoms with van der Waals surface area (Å²) in [6.45, 7) is -0.166. The number of nitrogens with one attached hydrogen (secondary N) is 4. The fraction of sp³-hybridized carbons (Fsp3) is 0.0769. The molecule has 0 aliphatic carbocycles. The molecule has 0 radical (unpaired) electrons. The fourth-order valence-corrected chi connectivity index (χ4v) is 5.91. The lowest BCUT2D eigenvalue weighted by molar-refractivity contribution is 0.0939. The van der Waals surface area contributed by atoms with Crippen molar-refractivity contribution in [2.75, 3.05) is 0 Å². The van der Waals surface area contributed by atoms with Crippen LogP contribution in [0.5, 0.6) is 17.2 Å². The van der Waals surface area contributed by atoms with E-state index < -0.39 is 17.5 Å². The summed E-state index contributed by atoms with van der Waals surface area (Å²) in [6, 6.07) is 29.0. The number of amides is 2. The first-order chi connectivity index (χ1) is 24.2. The van der Waals surface area contributed by atoms with E-state index in [0.717, 1.165) is 5.56 Å². The molecular weight excluding hydrogens is 642 g/mol. The lowest BCUT2D eigenvalue weighted by Gasteiger charge is -2.14. The Morgan fingerprint density at radius 1 is 0.720 bits per heavy atom. The molecule has 5 aromatic carbocycles. The Balaban J connectivity index is 1.03. The molecule has 9 nitrogen and oxygen atoms in total. The number of fused-ring (bicyclic) bond motifs is 2. The molecule has 0 saturated carbocycles. The number of H-pyrrole nitrogens is 2. The van der Waals surface area contributed by atoms with Crippen LogP contribution in [0.25, 0.3) is 32.9 Å². The van der Waals surface area contributed by atoms with Crippen LogP contribution in [-0.2, 0) is 19.7 Å². The second kappa shape index (κ2) is 13.6. The summed E-state index contributed by atoms with van der Waals surface area (Å²) in [7, 11) is 0. The molecule has 0 saturated heterocycles. The van der Waals surface area contributed by atoms with Crippen molar-refractivity contribution in [3.63, 3.8) is 0 Å². The van der Waals surface area contributed by atoms with Crippen LogP contribution >= 0.6 is 0 Å². The van der Waals surface area contributed by atoms with Gasteiger partial charge >= 0.3 is 0 Å². The second-order valence-electron chi connectivity index (χ2n) is 11.7. The molecule has 2 heterocycles. The molecule has 2 aromatic heterocycles. The van der Waals surface area contributed by atoms with E-state index in [9.17, 15) is 28.6 Å². The largest absolute Gasteiger partial charge is 0.508 e. The Morgan fingerprint density at radius 3 is 2.26 bits per heavy atom. The zero-order chi connectivity index (χ0) is 34.8. The summed E-state index contributed by atoms with van der Waals surface area (Å²) in [5.41, 5.74) is 4.86.